The molecule has 1 heterocycles. The Morgan fingerprint density at radius 3 is 2.82 bits per heavy atom. The molecule has 0 bridgehead atoms. The number of methoxy groups -OCH3 is 1. The van der Waals surface area contributed by atoms with E-state index in [4.69, 9.17) is 0 Å². The molecule has 1 N–H and O–H groups in total. The first-order chi connectivity index (χ1) is 10.7. The number of nitrogens with one attached hydrogen (secondary N) is 1. The maximum absolute atomic E-state index is 11.8. The number of rotatable bonds is 9. The number of amides is 1. The van der Waals surface area contributed by atoms with Crippen LogP contribution in [-0.2, 0) is 20.9 Å². The highest BCUT2D eigenvalue weighted by Gasteiger charge is 2.30. The van der Waals surface area contributed by atoms with Gasteiger partial charge in [-0.05, 0) is 26.2 Å². The second-order valence-corrected chi connectivity index (χ2v) is 6.12. The summed E-state index contributed by atoms with van der Waals surface area (Å²) in [4.78, 5) is 22.7. The van der Waals surface area contributed by atoms with E-state index in [0.717, 1.165) is 17.5 Å². The van der Waals surface area contributed by atoms with Crippen LogP contribution >= 0.6 is 11.8 Å². The van der Waals surface area contributed by atoms with Crippen molar-refractivity contribution in [3.63, 3.8) is 0 Å². The van der Waals surface area contributed by atoms with Crippen molar-refractivity contribution >= 4 is 23.6 Å². The second-order valence-electron chi connectivity index (χ2n) is 5.18. The van der Waals surface area contributed by atoms with E-state index in [0.29, 0.717) is 31.1 Å². The molecule has 0 aromatic carbocycles. The van der Waals surface area contributed by atoms with E-state index in [1.807, 2.05) is 0 Å². The van der Waals surface area contributed by atoms with Crippen molar-refractivity contribution < 1.29 is 14.3 Å². The molecule has 0 atom stereocenters. The quantitative estimate of drug-likeness (QED) is 0.419. The molecule has 0 unspecified atom stereocenters. The van der Waals surface area contributed by atoms with Gasteiger partial charge in [0.15, 0.2) is 5.16 Å². The molecule has 0 saturated heterocycles. The third-order valence-corrected chi connectivity index (χ3v) is 4.41. The van der Waals surface area contributed by atoms with Gasteiger partial charge in [0.05, 0.1) is 12.9 Å². The van der Waals surface area contributed by atoms with Crippen LogP contribution in [0.4, 0.5) is 0 Å². The number of aromatic nitrogens is 3. The smallest absolute Gasteiger partial charge is 0.305 e. The Balaban J connectivity index is 1.71. The van der Waals surface area contributed by atoms with Crippen LogP contribution < -0.4 is 5.32 Å². The van der Waals surface area contributed by atoms with Gasteiger partial charge in [0.1, 0.15) is 5.82 Å². The highest BCUT2D eigenvalue weighted by atomic mass is 32.2. The lowest BCUT2D eigenvalue weighted by Gasteiger charge is -2.07. The Morgan fingerprint density at radius 1 is 1.41 bits per heavy atom. The number of hydrogen-bond acceptors (Lipinski definition) is 6. The predicted molar refractivity (Wildman–Crippen MR) is 82.7 cm³/mol. The zero-order chi connectivity index (χ0) is 15.9. The lowest BCUT2D eigenvalue weighted by atomic mass is 10.3. The van der Waals surface area contributed by atoms with E-state index >= 15 is 0 Å². The fraction of sp³-hybridized carbons (Fsp3) is 0.714. The number of ether oxygens (including phenoxy) is 1. The van der Waals surface area contributed by atoms with Gasteiger partial charge in [0, 0.05) is 25.4 Å². The monoisotopic (exact) mass is 326 g/mol. The van der Waals surface area contributed by atoms with Gasteiger partial charge < -0.3 is 14.6 Å². The number of esters is 1. The molecule has 1 amide bonds. The Kier molecular flexibility index (Phi) is 6.23. The van der Waals surface area contributed by atoms with Gasteiger partial charge in [0.25, 0.3) is 0 Å². The molecular formula is C14H22N4O3S. The van der Waals surface area contributed by atoms with Gasteiger partial charge in [0.2, 0.25) is 5.91 Å². The number of nitrogens with zero attached hydrogens (tertiary/aromatic N) is 3. The summed E-state index contributed by atoms with van der Waals surface area (Å²) < 4.78 is 6.63. The van der Waals surface area contributed by atoms with Crippen LogP contribution in [0, 0.1) is 0 Å². The molecule has 8 heteroatoms. The fourth-order valence-corrected chi connectivity index (χ4v) is 2.93. The minimum absolute atomic E-state index is 0.0616. The molecule has 1 fully saturated rings. The number of carbonyl (C=O) groups is 2. The van der Waals surface area contributed by atoms with Crippen molar-refractivity contribution in [2.45, 2.75) is 50.2 Å². The molecule has 2 rings (SSSR count). The first kappa shape index (κ1) is 16.8. The first-order valence-corrected chi connectivity index (χ1v) is 8.53. The maximum atomic E-state index is 11.8. The molecule has 0 spiro atoms. The average Bonchev–Trinajstić information content (AvgIpc) is 3.29. The summed E-state index contributed by atoms with van der Waals surface area (Å²) in [6.45, 7) is 3.36. The van der Waals surface area contributed by atoms with E-state index in [9.17, 15) is 9.59 Å². The molecule has 22 heavy (non-hydrogen) atoms. The van der Waals surface area contributed by atoms with Gasteiger partial charge in [-0.3, -0.25) is 9.59 Å². The van der Waals surface area contributed by atoms with Crippen LogP contribution in [-0.4, -0.2) is 46.0 Å². The summed E-state index contributed by atoms with van der Waals surface area (Å²) in [7, 11) is 1.36. The van der Waals surface area contributed by atoms with Crippen LogP contribution in [0.1, 0.15) is 44.3 Å². The van der Waals surface area contributed by atoms with Crippen LogP contribution in [0.2, 0.25) is 0 Å². The van der Waals surface area contributed by atoms with Gasteiger partial charge in [-0.2, -0.15) is 0 Å². The minimum Gasteiger partial charge on any atom is -0.469 e. The van der Waals surface area contributed by atoms with Gasteiger partial charge in [-0.25, -0.2) is 0 Å². The van der Waals surface area contributed by atoms with Gasteiger partial charge in [-0.1, -0.05) is 11.8 Å². The molecule has 1 aliphatic carbocycles. The minimum atomic E-state index is -0.257. The Bertz CT molecular complexity index is 528. The third kappa shape index (κ3) is 4.72. The van der Waals surface area contributed by atoms with Crippen LogP contribution in [0.25, 0.3) is 0 Å². The molecule has 7 nitrogen and oxygen atoms in total. The van der Waals surface area contributed by atoms with Crippen LogP contribution in [0.15, 0.2) is 5.16 Å². The molecule has 0 aliphatic heterocycles. The van der Waals surface area contributed by atoms with Crippen molar-refractivity contribution in [2.24, 2.45) is 0 Å². The fourth-order valence-electron chi connectivity index (χ4n) is 2.09. The maximum Gasteiger partial charge on any atom is 0.305 e. The predicted octanol–water partition coefficient (Wildman–Crippen LogP) is 1.34. The highest BCUT2D eigenvalue weighted by molar-refractivity contribution is 7.99. The van der Waals surface area contributed by atoms with E-state index in [-0.39, 0.29) is 11.9 Å². The first-order valence-electron chi connectivity index (χ1n) is 7.55. The second kappa shape index (κ2) is 8.17. The standard InChI is InChI=1S/C14H22N4O3S/c1-3-18-13(10-6-7-10)16-17-14(18)22-9-11(19)15-8-4-5-12(20)21-2/h10H,3-9H2,1-2H3,(H,15,19). The summed E-state index contributed by atoms with van der Waals surface area (Å²) >= 11 is 1.40. The Hall–Kier alpha value is -1.57. The zero-order valence-corrected chi connectivity index (χ0v) is 13.8. The van der Waals surface area contributed by atoms with Crippen molar-refractivity contribution in [1.29, 1.82) is 0 Å². The average molecular weight is 326 g/mol. The lowest BCUT2D eigenvalue weighted by Crippen LogP contribution is -2.26. The molecule has 122 valence electrons. The molecule has 1 saturated carbocycles. The highest BCUT2D eigenvalue weighted by Crippen LogP contribution is 2.39. The van der Waals surface area contributed by atoms with Crippen molar-refractivity contribution in [2.75, 3.05) is 19.4 Å². The molecular weight excluding hydrogens is 304 g/mol. The van der Waals surface area contributed by atoms with Gasteiger partial charge >= 0.3 is 5.97 Å². The molecule has 1 aromatic heterocycles. The SMILES string of the molecule is CCn1c(SCC(=O)NCCCC(=O)OC)nnc1C1CC1. The van der Waals surface area contributed by atoms with Gasteiger partial charge in [-0.15, -0.1) is 10.2 Å². The summed E-state index contributed by atoms with van der Waals surface area (Å²) in [6.07, 6.45) is 3.27. The molecule has 1 aromatic rings. The third-order valence-electron chi connectivity index (χ3n) is 3.44. The number of carbonyl (C=O) groups excluding carboxylic acids is 2. The van der Waals surface area contributed by atoms with E-state index in [1.54, 1.807) is 0 Å². The van der Waals surface area contributed by atoms with E-state index in [1.165, 1.54) is 31.7 Å². The summed E-state index contributed by atoms with van der Waals surface area (Å²) in [5.74, 6) is 1.58. The number of thioether (sulfide) groups is 1. The van der Waals surface area contributed by atoms with Crippen molar-refractivity contribution in [3.8, 4) is 0 Å². The largest absolute Gasteiger partial charge is 0.469 e. The van der Waals surface area contributed by atoms with Crippen molar-refractivity contribution in [1.82, 2.24) is 20.1 Å². The van der Waals surface area contributed by atoms with Crippen LogP contribution in [0.3, 0.4) is 0 Å². The normalized spacial score (nSPS) is 13.9. The van der Waals surface area contributed by atoms with E-state index in [2.05, 4.69) is 31.7 Å². The summed E-state index contributed by atoms with van der Waals surface area (Å²) in [5.41, 5.74) is 0. The Morgan fingerprint density at radius 2 is 2.18 bits per heavy atom. The summed E-state index contributed by atoms with van der Waals surface area (Å²) in [5, 5.41) is 12.0. The molecule has 0 radical (unpaired) electrons. The topological polar surface area (TPSA) is 86.1 Å². The van der Waals surface area contributed by atoms with Crippen LogP contribution in [0.5, 0.6) is 0 Å². The number of hydrogen-bond donors (Lipinski definition) is 1. The summed E-state index contributed by atoms with van der Waals surface area (Å²) in [6, 6.07) is 0. The van der Waals surface area contributed by atoms with E-state index < -0.39 is 0 Å². The lowest BCUT2D eigenvalue weighted by molar-refractivity contribution is -0.140. The van der Waals surface area contributed by atoms with Crippen molar-refractivity contribution in [3.05, 3.63) is 5.82 Å². The zero-order valence-electron chi connectivity index (χ0n) is 13.0. The Labute approximate surface area is 134 Å². The molecule has 1 aliphatic rings.